The summed E-state index contributed by atoms with van der Waals surface area (Å²) in [5.41, 5.74) is 5.42. The first-order valence-corrected chi connectivity index (χ1v) is 10.3. The molecule has 3 aromatic rings. The van der Waals surface area contributed by atoms with E-state index in [2.05, 4.69) is 36.9 Å². The van der Waals surface area contributed by atoms with Crippen LogP contribution >= 0.6 is 0 Å². The van der Waals surface area contributed by atoms with Crippen molar-refractivity contribution in [3.63, 3.8) is 0 Å². The summed E-state index contributed by atoms with van der Waals surface area (Å²) in [5.74, 6) is 2.81. The van der Waals surface area contributed by atoms with Crippen LogP contribution in [0.2, 0.25) is 0 Å². The highest BCUT2D eigenvalue weighted by Gasteiger charge is 2.26. The molecule has 1 saturated carbocycles. The minimum Gasteiger partial charge on any atom is -0.491 e. The molecule has 0 unspecified atom stereocenters. The molecule has 2 aromatic heterocycles. The van der Waals surface area contributed by atoms with Gasteiger partial charge in [-0.1, -0.05) is 0 Å². The quantitative estimate of drug-likeness (QED) is 0.755. The van der Waals surface area contributed by atoms with Crippen molar-refractivity contribution in [2.75, 3.05) is 29.9 Å². The second-order valence-corrected chi connectivity index (χ2v) is 8.05. The molecule has 1 aliphatic carbocycles. The smallest absolute Gasteiger partial charge is 0.207 e. The van der Waals surface area contributed by atoms with Crippen LogP contribution < -0.4 is 15.0 Å². The van der Waals surface area contributed by atoms with E-state index < -0.39 is 0 Å². The molecule has 2 aliphatic heterocycles. The van der Waals surface area contributed by atoms with Crippen LogP contribution in [0, 0.1) is 5.92 Å². The van der Waals surface area contributed by atoms with Crippen LogP contribution in [-0.2, 0) is 19.5 Å². The molecule has 1 aromatic carbocycles. The Morgan fingerprint density at radius 2 is 2.00 bits per heavy atom. The summed E-state index contributed by atoms with van der Waals surface area (Å²) in [5, 5.41) is 3.58. The van der Waals surface area contributed by atoms with Gasteiger partial charge in [0, 0.05) is 50.2 Å². The highest BCUT2D eigenvalue weighted by molar-refractivity contribution is 5.88. The van der Waals surface area contributed by atoms with Gasteiger partial charge in [0.1, 0.15) is 11.3 Å². The number of ether oxygens (including phenoxy) is 1. The third kappa shape index (κ3) is 2.77. The van der Waals surface area contributed by atoms with Gasteiger partial charge in [-0.05, 0) is 31.2 Å². The molecule has 0 saturated heterocycles. The number of rotatable bonds is 4. The van der Waals surface area contributed by atoms with Crippen molar-refractivity contribution < 1.29 is 4.74 Å². The minimum absolute atomic E-state index is 0.747. The van der Waals surface area contributed by atoms with Crippen molar-refractivity contribution in [2.24, 2.45) is 5.92 Å². The fourth-order valence-corrected chi connectivity index (χ4v) is 4.28. The molecule has 3 aliphatic rings. The molecule has 1 N–H and O–H groups in total. The van der Waals surface area contributed by atoms with Crippen LogP contribution in [0.5, 0.6) is 5.75 Å². The lowest BCUT2D eigenvalue weighted by Crippen LogP contribution is -2.33. The summed E-state index contributed by atoms with van der Waals surface area (Å²) in [7, 11) is 0. The molecule has 0 atom stereocenters. The minimum atomic E-state index is 0.747. The van der Waals surface area contributed by atoms with Crippen LogP contribution in [0.15, 0.2) is 24.5 Å². The zero-order chi connectivity index (χ0) is 18.5. The van der Waals surface area contributed by atoms with Crippen molar-refractivity contribution in [3.8, 4) is 5.75 Å². The van der Waals surface area contributed by atoms with E-state index in [9.17, 15) is 0 Å². The maximum Gasteiger partial charge on any atom is 0.207 e. The highest BCUT2D eigenvalue weighted by Crippen LogP contribution is 2.37. The predicted molar refractivity (Wildman–Crippen MR) is 108 cm³/mol. The van der Waals surface area contributed by atoms with E-state index in [0.717, 1.165) is 91.4 Å². The normalized spacial score (nSPS) is 18.5. The monoisotopic (exact) mass is 376 g/mol. The van der Waals surface area contributed by atoms with Crippen molar-refractivity contribution in [3.05, 3.63) is 35.9 Å². The third-order valence-corrected chi connectivity index (χ3v) is 5.96. The van der Waals surface area contributed by atoms with Gasteiger partial charge < -0.3 is 19.5 Å². The molecule has 0 radical (unpaired) electrons. The van der Waals surface area contributed by atoms with Gasteiger partial charge in [0.2, 0.25) is 5.95 Å². The van der Waals surface area contributed by atoms with Crippen molar-refractivity contribution in [1.82, 2.24) is 19.5 Å². The maximum atomic E-state index is 6.10. The lowest BCUT2D eigenvalue weighted by Gasteiger charge is -2.28. The van der Waals surface area contributed by atoms with Crippen LogP contribution in [0.1, 0.15) is 30.7 Å². The van der Waals surface area contributed by atoms with Crippen LogP contribution in [0.3, 0.4) is 0 Å². The Bertz CT molecular complexity index is 1040. The molecule has 1 fully saturated rings. The first kappa shape index (κ1) is 16.2. The fourth-order valence-electron chi connectivity index (χ4n) is 4.28. The van der Waals surface area contributed by atoms with Crippen molar-refractivity contribution >= 4 is 22.7 Å². The van der Waals surface area contributed by atoms with Gasteiger partial charge in [0.15, 0.2) is 0 Å². The van der Waals surface area contributed by atoms with E-state index in [1.54, 1.807) is 12.4 Å². The van der Waals surface area contributed by atoms with E-state index >= 15 is 0 Å². The number of fused-ring (bicyclic) bond motifs is 1. The Morgan fingerprint density at radius 3 is 2.89 bits per heavy atom. The Kier molecular flexibility index (Phi) is 3.67. The van der Waals surface area contributed by atoms with Gasteiger partial charge in [0.25, 0.3) is 0 Å². The molecular formula is C21H24N6O. The summed E-state index contributed by atoms with van der Waals surface area (Å²) in [4.78, 5) is 16.4. The molecular weight excluding hydrogens is 352 g/mol. The Hall–Kier alpha value is -2.83. The lowest BCUT2D eigenvalue weighted by molar-refractivity contribution is 0.315. The summed E-state index contributed by atoms with van der Waals surface area (Å²) in [6.07, 6.45) is 8.15. The average molecular weight is 376 g/mol. The molecule has 144 valence electrons. The molecule has 7 heteroatoms. The standard InChI is InChI=1S/C21H24N6O/c1-7-27-20-17(10-15(11-19(20)28-9-1)24-12-14-2-3-14)25-21(27)26-8-4-16-18(13-26)23-6-5-22-16/h5-6,10-11,14,24H,1-4,7-9,12-13H2. The van der Waals surface area contributed by atoms with Crippen LogP contribution in [0.4, 0.5) is 11.6 Å². The SMILES string of the molecule is c1cnc2c(n1)CCN(c1nc3cc(NCC4CC4)cc4c3n1CCCO4)C2. The van der Waals surface area contributed by atoms with Crippen molar-refractivity contribution in [1.29, 1.82) is 0 Å². The Labute approximate surface area is 163 Å². The van der Waals surface area contributed by atoms with E-state index in [1.165, 1.54) is 12.8 Å². The van der Waals surface area contributed by atoms with Gasteiger partial charge >= 0.3 is 0 Å². The first-order chi connectivity index (χ1) is 13.8. The molecule has 4 heterocycles. The van der Waals surface area contributed by atoms with Gasteiger partial charge in [-0.2, -0.15) is 0 Å². The van der Waals surface area contributed by atoms with Gasteiger partial charge in [-0.25, -0.2) is 4.98 Å². The Balaban J connectivity index is 1.40. The largest absolute Gasteiger partial charge is 0.491 e. The lowest BCUT2D eigenvalue weighted by atomic mass is 10.1. The number of aromatic nitrogens is 4. The average Bonchev–Trinajstić information content (AvgIpc) is 3.51. The van der Waals surface area contributed by atoms with E-state index in [0.29, 0.717) is 0 Å². The number of imidazole rings is 1. The molecule has 0 amide bonds. The number of hydrogen-bond acceptors (Lipinski definition) is 6. The topological polar surface area (TPSA) is 68.1 Å². The second-order valence-electron chi connectivity index (χ2n) is 8.05. The third-order valence-electron chi connectivity index (χ3n) is 5.96. The number of nitrogens with zero attached hydrogens (tertiary/aromatic N) is 5. The summed E-state index contributed by atoms with van der Waals surface area (Å²) in [6, 6.07) is 4.32. The summed E-state index contributed by atoms with van der Waals surface area (Å²) >= 11 is 0. The molecule has 28 heavy (non-hydrogen) atoms. The van der Waals surface area contributed by atoms with E-state index in [4.69, 9.17) is 9.72 Å². The first-order valence-electron chi connectivity index (χ1n) is 10.3. The number of hydrogen-bond donors (Lipinski definition) is 1. The molecule has 0 bridgehead atoms. The number of anilines is 2. The summed E-state index contributed by atoms with van der Waals surface area (Å²) < 4.78 is 8.44. The number of aryl methyl sites for hydroxylation is 1. The van der Waals surface area contributed by atoms with Gasteiger partial charge in [-0.3, -0.25) is 9.97 Å². The van der Waals surface area contributed by atoms with Crippen LogP contribution in [0.25, 0.3) is 11.0 Å². The van der Waals surface area contributed by atoms with Crippen molar-refractivity contribution in [2.45, 2.75) is 38.8 Å². The van der Waals surface area contributed by atoms with E-state index in [1.807, 2.05) is 0 Å². The zero-order valence-corrected chi connectivity index (χ0v) is 15.9. The van der Waals surface area contributed by atoms with E-state index in [-0.39, 0.29) is 0 Å². The number of nitrogens with one attached hydrogen (secondary N) is 1. The highest BCUT2D eigenvalue weighted by atomic mass is 16.5. The molecule has 6 rings (SSSR count). The maximum absolute atomic E-state index is 6.10. The number of benzene rings is 1. The predicted octanol–water partition coefficient (Wildman–Crippen LogP) is 2.99. The van der Waals surface area contributed by atoms with Crippen LogP contribution in [-0.4, -0.2) is 39.2 Å². The second kappa shape index (κ2) is 6.36. The fraction of sp³-hybridized carbons (Fsp3) is 0.476. The Morgan fingerprint density at radius 1 is 1.11 bits per heavy atom. The molecule has 7 nitrogen and oxygen atoms in total. The van der Waals surface area contributed by atoms with Gasteiger partial charge in [-0.15, -0.1) is 0 Å². The zero-order valence-electron chi connectivity index (χ0n) is 15.9. The molecule has 0 spiro atoms. The van der Waals surface area contributed by atoms with Gasteiger partial charge in [0.05, 0.1) is 30.1 Å². The summed E-state index contributed by atoms with van der Waals surface area (Å²) in [6.45, 7) is 4.39.